The van der Waals surface area contributed by atoms with Gasteiger partial charge in [0.25, 0.3) is 3.79 Å². The Morgan fingerprint density at radius 2 is 2.08 bits per heavy atom. The maximum absolute atomic E-state index is 10.9. The van der Waals surface area contributed by atoms with Gasteiger partial charge in [-0.05, 0) is 6.42 Å². The first-order valence-electron chi connectivity index (χ1n) is 3.87. The Bertz CT molecular complexity index is 184. The van der Waals surface area contributed by atoms with E-state index in [0.717, 1.165) is 18.9 Å². The summed E-state index contributed by atoms with van der Waals surface area (Å²) in [6.45, 7) is 2.61. The average Bonchev–Trinajstić information content (AvgIpc) is 2.02. The minimum absolute atomic E-state index is 0.570. The monoisotopic (exact) mass is 244 g/mol. The van der Waals surface area contributed by atoms with E-state index in [1.807, 2.05) is 6.92 Å². The molecule has 0 amide bonds. The molecule has 76 valence electrons. The quantitative estimate of drug-likeness (QED) is 0.322. The van der Waals surface area contributed by atoms with Crippen molar-refractivity contribution in [1.29, 1.82) is 0 Å². The number of rotatable bonds is 5. The van der Waals surface area contributed by atoms with Crippen molar-refractivity contribution in [3.63, 3.8) is 0 Å². The van der Waals surface area contributed by atoms with Crippen LogP contribution in [0.15, 0.2) is 12.3 Å². The second-order valence-corrected chi connectivity index (χ2v) is 4.67. The summed E-state index contributed by atoms with van der Waals surface area (Å²) >= 11 is 15.9. The van der Waals surface area contributed by atoms with Crippen LogP contribution < -0.4 is 0 Å². The zero-order chi connectivity index (χ0) is 10.3. The van der Waals surface area contributed by atoms with Gasteiger partial charge in [0, 0.05) is 6.08 Å². The van der Waals surface area contributed by atoms with E-state index >= 15 is 0 Å². The van der Waals surface area contributed by atoms with Gasteiger partial charge in [-0.25, -0.2) is 0 Å². The number of allylic oxidation sites excluding steroid dienone is 1. The molecule has 0 aromatic rings. The van der Waals surface area contributed by atoms with Crippen molar-refractivity contribution in [2.45, 2.75) is 23.6 Å². The van der Waals surface area contributed by atoms with Crippen LogP contribution in [0.25, 0.3) is 0 Å². The third kappa shape index (κ3) is 7.17. The zero-order valence-electron chi connectivity index (χ0n) is 7.23. The number of alkyl halides is 3. The fourth-order valence-electron chi connectivity index (χ4n) is 0.500. The highest BCUT2D eigenvalue weighted by Gasteiger charge is 2.27. The molecule has 0 saturated carbocycles. The number of carbonyl (C=O) groups is 1. The van der Waals surface area contributed by atoms with E-state index in [9.17, 15) is 4.79 Å². The van der Waals surface area contributed by atoms with Crippen molar-refractivity contribution in [3.05, 3.63) is 12.3 Å². The lowest BCUT2D eigenvalue weighted by Gasteiger charge is -2.04. The fraction of sp³-hybridized carbons (Fsp3) is 0.625. The van der Waals surface area contributed by atoms with Gasteiger partial charge < -0.3 is 4.74 Å². The van der Waals surface area contributed by atoms with E-state index in [2.05, 4.69) is 0 Å². The van der Waals surface area contributed by atoms with Gasteiger partial charge in [0.2, 0.25) is 5.78 Å². The first-order chi connectivity index (χ1) is 5.98. The lowest BCUT2D eigenvalue weighted by molar-refractivity contribution is -0.113. The summed E-state index contributed by atoms with van der Waals surface area (Å²) in [4.78, 5) is 10.9. The molecule has 0 atom stereocenters. The highest BCUT2D eigenvalue weighted by molar-refractivity contribution is 6.77. The third-order valence-corrected chi connectivity index (χ3v) is 1.77. The summed E-state index contributed by atoms with van der Waals surface area (Å²) in [6.07, 6.45) is 4.33. The van der Waals surface area contributed by atoms with Gasteiger partial charge in [0.05, 0.1) is 12.9 Å². The molecule has 0 aliphatic carbocycles. The molecule has 0 heterocycles. The Kier molecular flexibility index (Phi) is 6.56. The van der Waals surface area contributed by atoms with Crippen molar-refractivity contribution in [2.24, 2.45) is 0 Å². The topological polar surface area (TPSA) is 26.3 Å². The number of hydrogen-bond donors (Lipinski definition) is 0. The van der Waals surface area contributed by atoms with Crippen LogP contribution in [0.5, 0.6) is 0 Å². The van der Waals surface area contributed by atoms with Gasteiger partial charge >= 0.3 is 0 Å². The highest BCUT2D eigenvalue weighted by atomic mass is 35.6. The van der Waals surface area contributed by atoms with Crippen LogP contribution in [0.4, 0.5) is 0 Å². The smallest absolute Gasteiger partial charge is 0.252 e. The molecule has 0 radical (unpaired) electrons. The number of unbranched alkanes of at least 4 members (excludes halogenated alkanes) is 1. The molecule has 0 bridgehead atoms. The lowest BCUT2D eigenvalue weighted by Crippen LogP contribution is -2.15. The van der Waals surface area contributed by atoms with Crippen LogP contribution in [-0.4, -0.2) is 16.2 Å². The van der Waals surface area contributed by atoms with E-state index < -0.39 is 9.58 Å². The normalized spacial score (nSPS) is 12.0. The van der Waals surface area contributed by atoms with Gasteiger partial charge in [-0.15, -0.1) is 0 Å². The van der Waals surface area contributed by atoms with Crippen LogP contribution in [0.2, 0.25) is 0 Å². The van der Waals surface area contributed by atoms with E-state index in [0.29, 0.717) is 6.61 Å². The largest absolute Gasteiger partial charge is 0.501 e. The summed E-state index contributed by atoms with van der Waals surface area (Å²) in [5.74, 6) is -0.603. The summed E-state index contributed by atoms with van der Waals surface area (Å²) in [5, 5.41) is 0. The Morgan fingerprint density at radius 3 is 2.54 bits per heavy atom. The van der Waals surface area contributed by atoms with Gasteiger partial charge in [-0.3, -0.25) is 4.79 Å². The fourth-order valence-corrected chi connectivity index (χ4v) is 0.689. The molecule has 0 aliphatic rings. The van der Waals surface area contributed by atoms with E-state index in [4.69, 9.17) is 39.5 Å². The van der Waals surface area contributed by atoms with Crippen LogP contribution in [-0.2, 0) is 9.53 Å². The Morgan fingerprint density at radius 1 is 1.46 bits per heavy atom. The summed E-state index contributed by atoms with van der Waals surface area (Å²) in [6, 6.07) is 0. The summed E-state index contributed by atoms with van der Waals surface area (Å²) < 4.78 is 3.08. The van der Waals surface area contributed by atoms with Crippen LogP contribution in [0.3, 0.4) is 0 Å². The SMILES string of the molecule is CCCCO/C=C/C(=O)C(Cl)(Cl)Cl. The molecule has 0 N–H and O–H groups in total. The van der Waals surface area contributed by atoms with Crippen molar-refractivity contribution in [2.75, 3.05) is 6.61 Å². The van der Waals surface area contributed by atoms with Gasteiger partial charge in [-0.1, -0.05) is 48.1 Å². The summed E-state index contributed by atoms with van der Waals surface area (Å²) in [5.41, 5.74) is 0. The van der Waals surface area contributed by atoms with Crippen molar-refractivity contribution < 1.29 is 9.53 Å². The van der Waals surface area contributed by atoms with Gasteiger partial charge in [0.15, 0.2) is 0 Å². The van der Waals surface area contributed by atoms with Crippen LogP contribution >= 0.6 is 34.8 Å². The van der Waals surface area contributed by atoms with E-state index in [1.54, 1.807) is 0 Å². The first kappa shape index (κ1) is 13.1. The molecule has 0 aliphatic heterocycles. The second kappa shape index (κ2) is 6.52. The molecule has 0 aromatic heterocycles. The average molecular weight is 246 g/mol. The molecule has 0 unspecified atom stereocenters. The maximum Gasteiger partial charge on any atom is 0.252 e. The molecule has 0 rings (SSSR count). The Balaban J connectivity index is 3.67. The second-order valence-electron chi connectivity index (χ2n) is 2.39. The molecule has 0 fully saturated rings. The standard InChI is InChI=1S/C8H11Cl3O2/c1-2-3-5-13-6-4-7(12)8(9,10)11/h4,6H,2-3,5H2,1H3/b6-4+. The van der Waals surface area contributed by atoms with Crippen molar-refractivity contribution in [3.8, 4) is 0 Å². The molecule has 13 heavy (non-hydrogen) atoms. The minimum Gasteiger partial charge on any atom is -0.501 e. The summed E-state index contributed by atoms with van der Waals surface area (Å²) in [7, 11) is 0. The zero-order valence-corrected chi connectivity index (χ0v) is 9.49. The number of carbonyl (C=O) groups excluding carboxylic acids is 1. The molecular weight excluding hydrogens is 234 g/mol. The Labute approximate surface area is 92.8 Å². The maximum atomic E-state index is 10.9. The molecule has 0 spiro atoms. The Hall–Kier alpha value is 0.0800. The molecule has 5 heteroatoms. The molecule has 2 nitrogen and oxygen atoms in total. The lowest BCUT2D eigenvalue weighted by atomic mass is 10.4. The van der Waals surface area contributed by atoms with Crippen LogP contribution in [0.1, 0.15) is 19.8 Å². The molecule has 0 aromatic carbocycles. The van der Waals surface area contributed by atoms with E-state index in [-0.39, 0.29) is 0 Å². The highest BCUT2D eigenvalue weighted by Crippen LogP contribution is 2.27. The van der Waals surface area contributed by atoms with Crippen molar-refractivity contribution in [1.82, 2.24) is 0 Å². The van der Waals surface area contributed by atoms with Gasteiger partial charge in [-0.2, -0.15) is 0 Å². The van der Waals surface area contributed by atoms with Crippen molar-refractivity contribution >= 4 is 40.6 Å². The predicted molar refractivity (Wildman–Crippen MR) is 55.3 cm³/mol. The predicted octanol–water partition coefficient (Wildman–Crippen LogP) is 3.26. The third-order valence-electron chi connectivity index (χ3n) is 1.21. The van der Waals surface area contributed by atoms with E-state index in [1.165, 1.54) is 6.26 Å². The molecular formula is C8H11Cl3O2. The number of ether oxygens (including phenoxy) is 1. The minimum atomic E-state index is -1.88. The number of ketones is 1. The number of halogens is 3. The number of hydrogen-bond acceptors (Lipinski definition) is 2. The first-order valence-corrected chi connectivity index (χ1v) is 5.01. The molecule has 0 saturated heterocycles. The van der Waals surface area contributed by atoms with Gasteiger partial charge in [0.1, 0.15) is 0 Å². The van der Waals surface area contributed by atoms with Crippen LogP contribution in [0, 0.1) is 0 Å².